The first-order valence-electron chi connectivity index (χ1n) is 11.0. The standard InChI is InChI=1S/C25H29Cl2NO4/c1-4-16(2)32-22-11-9-18(15-19(22)23(29)31-3)28-24(30)25(12-6-5-7-13-25)20-10-8-17(26)14-21(20)27/h8-11,14-16H,4-7,12-13H2,1-3H3,(H,28,30). The molecule has 1 N–H and O–H groups in total. The summed E-state index contributed by atoms with van der Waals surface area (Å²) in [4.78, 5) is 26.0. The minimum Gasteiger partial charge on any atom is -0.490 e. The molecule has 1 aliphatic rings. The highest BCUT2D eigenvalue weighted by molar-refractivity contribution is 6.35. The van der Waals surface area contributed by atoms with Crippen LogP contribution in [0.15, 0.2) is 36.4 Å². The zero-order valence-corrected chi connectivity index (χ0v) is 20.2. The minimum atomic E-state index is -0.753. The first-order chi connectivity index (χ1) is 15.3. The van der Waals surface area contributed by atoms with Gasteiger partial charge in [0, 0.05) is 15.7 Å². The predicted octanol–water partition coefficient (Wildman–Crippen LogP) is 6.80. The second-order valence-corrected chi connectivity index (χ2v) is 9.10. The van der Waals surface area contributed by atoms with Crippen molar-refractivity contribution in [2.24, 2.45) is 0 Å². The van der Waals surface area contributed by atoms with E-state index in [0.29, 0.717) is 34.3 Å². The third-order valence-electron chi connectivity index (χ3n) is 6.13. The van der Waals surface area contributed by atoms with Gasteiger partial charge < -0.3 is 14.8 Å². The normalized spacial score (nSPS) is 16.2. The number of nitrogens with one attached hydrogen (secondary N) is 1. The number of rotatable bonds is 7. The molecule has 1 aliphatic carbocycles. The Labute approximate surface area is 199 Å². The highest BCUT2D eigenvalue weighted by Gasteiger charge is 2.42. The maximum absolute atomic E-state index is 13.6. The van der Waals surface area contributed by atoms with Gasteiger partial charge in [-0.15, -0.1) is 0 Å². The van der Waals surface area contributed by atoms with Crippen LogP contribution in [0.5, 0.6) is 5.75 Å². The van der Waals surface area contributed by atoms with E-state index in [1.165, 1.54) is 7.11 Å². The third-order valence-corrected chi connectivity index (χ3v) is 6.68. The van der Waals surface area contributed by atoms with Crippen LogP contribution in [0.4, 0.5) is 5.69 Å². The van der Waals surface area contributed by atoms with E-state index in [2.05, 4.69) is 5.32 Å². The summed E-state index contributed by atoms with van der Waals surface area (Å²) in [5.41, 5.74) is 0.803. The van der Waals surface area contributed by atoms with E-state index in [9.17, 15) is 9.59 Å². The van der Waals surface area contributed by atoms with Crippen molar-refractivity contribution in [3.8, 4) is 5.75 Å². The summed E-state index contributed by atoms with van der Waals surface area (Å²) in [6, 6.07) is 10.3. The zero-order chi connectivity index (χ0) is 23.3. The van der Waals surface area contributed by atoms with Gasteiger partial charge in [-0.2, -0.15) is 0 Å². The largest absolute Gasteiger partial charge is 0.490 e. The van der Waals surface area contributed by atoms with E-state index < -0.39 is 11.4 Å². The lowest BCUT2D eigenvalue weighted by Crippen LogP contribution is -2.42. The lowest BCUT2D eigenvalue weighted by Gasteiger charge is -2.37. The molecule has 5 nitrogen and oxygen atoms in total. The smallest absolute Gasteiger partial charge is 0.341 e. The van der Waals surface area contributed by atoms with Crippen molar-refractivity contribution >= 4 is 40.8 Å². The summed E-state index contributed by atoms with van der Waals surface area (Å²) in [5.74, 6) is -0.238. The van der Waals surface area contributed by atoms with Crippen molar-refractivity contribution in [1.82, 2.24) is 0 Å². The number of benzene rings is 2. The lowest BCUT2D eigenvalue weighted by molar-refractivity contribution is -0.122. The number of anilines is 1. The van der Waals surface area contributed by atoms with Crippen molar-refractivity contribution in [1.29, 1.82) is 0 Å². The SMILES string of the molecule is CCC(C)Oc1ccc(NC(=O)C2(c3ccc(Cl)cc3Cl)CCCCC2)cc1C(=O)OC. The van der Waals surface area contributed by atoms with Crippen molar-refractivity contribution in [3.05, 3.63) is 57.6 Å². The molecule has 0 bridgehead atoms. The van der Waals surface area contributed by atoms with Gasteiger partial charge in [0.05, 0.1) is 18.6 Å². The molecule has 1 saturated carbocycles. The van der Waals surface area contributed by atoms with Gasteiger partial charge >= 0.3 is 5.97 Å². The van der Waals surface area contributed by atoms with Crippen LogP contribution in [-0.2, 0) is 14.9 Å². The molecule has 2 aromatic rings. The minimum absolute atomic E-state index is 0.0589. The van der Waals surface area contributed by atoms with Crippen molar-refractivity contribution < 1.29 is 19.1 Å². The Bertz CT molecular complexity index is 986. The molecule has 1 fully saturated rings. The molecule has 0 heterocycles. The topological polar surface area (TPSA) is 64.6 Å². The molecule has 172 valence electrons. The fraction of sp³-hybridized carbons (Fsp3) is 0.440. The Morgan fingerprint density at radius 2 is 1.81 bits per heavy atom. The highest BCUT2D eigenvalue weighted by atomic mass is 35.5. The van der Waals surface area contributed by atoms with E-state index in [0.717, 1.165) is 31.2 Å². The van der Waals surface area contributed by atoms with Crippen molar-refractivity contribution in [2.45, 2.75) is 63.9 Å². The molecule has 0 saturated heterocycles. The quantitative estimate of drug-likeness (QED) is 0.445. The molecule has 32 heavy (non-hydrogen) atoms. The third kappa shape index (κ3) is 5.21. The first kappa shape index (κ1) is 24.4. The van der Waals surface area contributed by atoms with E-state index in [4.69, 9.17) is 32.7 Å². The summed E-state index contributed by atoms with van der Waals surface area (Å²) in [6.07, 6.45) is 5.07. The Morgan fingerprint density at radius 3 is 2.44 bits per heavy atom. The van der Waals surface area contributed by atoms with Crippen LogP contribution < -0.4 is 10.1 Å². The molecule has 1 amide bonds. The van der Waals surface area contributed by atoms with Crippen LogP contribution in [0.1, 0.15) is 68.3 Å². The summed E-state index contributed by atoms with van der Waals surface area (Å²) in [7, 11) is 1.32. The average molecular weight is 478 g/mol. The van der Waals surface area contributed by atoms with Gasteiger partial charge in [0.2, 0.25) is 5.91 Å². The van der Waals surface area contributed by atoms with E-state index >= 15 is 0 Å². The highest BCUT2D eigenvalue weighted by Crippen LogP contribution is 2.44. The number of hydrogen-bond acceptors (Lipinski definition) is 4. The number of methoxy groups -OCH3 is 1. The van der Waals surface area contributed by atoms with Crippen LogP contribution in [-0.4, -0.2) is 25.1 Å². The molecule has 0 aromatic heterocycles. The van der Waals surface area contributed by atoms with Gasteiger partial charge in [0.1, 0.15) is 11.3 Å². The summed E-state index contributed by atoms with van der Waals surface area (Å²) >= 11 is 12.6. The van der Waals surface area contributed by atoms with Crippen LogP contribution in [0, 0.1) is 0 Å². The molecule has 1 unspecified atom stereocenters. The second kappa shape index (κ2) is 10.6. The van der Waals surface area contributed by atoms with Gasteiger partial charge in [-0.3, -0.25) is 4.79 Å². The van der Waals surface area contributed by atoms with Gasteiger partial charge in [-0.1, -0.05) is 55.5 Å². The predicted molar refractivity (Wildman–Crippen MR) is 128 cm³/mol. The van der Waals surface area contributed by atoms with Crippen molar-refractivity contribution in [3.63, 3.8) is 0 Å². The molecule has 0 spiro atoms. The van der Waals surface area contributed by atoms with Gasteiger partial charge in [-0.05, 0) is 62.1 Å². The number of ether oxygens (including phenoxy) is 2. The first-order valence-corrected chi connectivity index (χ1v) is 11.7. The van der Waals surface area contributed by atoms with Gasteiger partial charge in [0.15, 0.2) is 0 Å². The Balaban J connectivity index is 1.95. The number of carbonyl (C=O) groups is 2. The second-order valence-electron chi connectivity index (χ2n) is 8.26. The molecule has 0 radical (unpaired) electrons. The number of amides is 1. The number of carbonyl (C=O) groups excluding carboxylic acids is 2. The van der Waals surface area contributed by atoms with Crippen LogP contribution in [0.2, 0.25) is 10.0 Å². The molecule has 3 rings (SSSR count). The van der Waals surface area contributed by atoms with Crippen LogP contribution in [0.3, 0.4) is 0 Å². The van der Waals surface area contributed by atoms with Gasteiger partial charge in [0.25, 0.3) is 0 Å². The zero-order valence-electron chi connectivity index (χ0n) is 18.7. The fourth-order valence-electron chi connectivity index (χ4n) is 4.18. The average Bonchev–Trinajstić information content (AvgIpc) is 2.79. The van der Waals surface area contributed by atoms with E-state index in [1.807, 2.05) is 19.9 Å². The lowest BCUT2D eigenvalue weighted by atomic mass is 9.68. The molecular weight excluding hydrogens is 449 g/mol. The van der Waals surface area contributed by atoms with Crippen LogP contribution in [0.25, 0.3) is 0 Å². The maximum Gasteiger partial charge on any atom is 0.341 e. The Hall–Kier alpha value is -2.24. The molecule has 7 heteroatoms. The Morgan fingerprint density at radius 1 is 1.09 bits per heavy atom. The Kier molecular flexibility index (Phi) is 8.07. The number of esters is 1. The van der Waals surface area contributed by atoms with E-state index in [1.54, 1.807) is 30.3 Å². The van der Waals surface area contributed by atoms with E-state index in [-0.39, 0.29) is 17.6 Å². The van der Waals surface area contributed by atoms with Gasteiger partial charge in [-0.25, -0.2) is 4.79 Å². The molecule has 0 aliphatic heterocycles. The maximum atomic E-state index is 13.6. The summed E-state index contributed by atoms with van der Waals surface area (Å²) in [5, 5.41) is 4.03. The summed E-state index contributed by atoms with van der Waals surface area (Å²) < 4.78 is 10.8. The van der Waals surface area contributed by atoms with Crippen LogP contribution >= 0.6 is 23.2 Å². The monoisotopic (exact) mass is 477 g/mol. The molecular formula is C25H29Cl2NO4. The molecule has 2 aromatic carbocycles. The fourth-order valence-corrected chi connectivity index (χ4v) is 4.77. The van der Waals surface area contributed by atoms with Crippen molar-refractivity contribution in [2.75, 3.05) is 12.4 Å². The molecule has 1 atom stereocenters. The number of hydrogen-bond donors (Lipinski definition) is 1. The summed E-state index contributed by atoms with van der Waals surface area (Å²) in [6.45, 7) is 3.93. The number of halogens is 2.